The quantitative estimate of drug-likeness (QED) is 0.612. The Morgan fingerprint density at radius 2 is 2.21 bits per heavy atom. The van der Waals surface area contributed by atoms with Gasteiger partial charge in [-0.05, 0) is 36.6 Å². The normalized spacial score (nSPS) is 12.4. The number of anilines is 1. The highest BCUT2D eigenvalue weighted by Gasteiger charge is 2.13. The van der Waals surface area contributed by atoms with Crippen molar-refractivity contribution >= 4 is 11.7 Å². The lowest BCUT2D eigenvalue weighted by Crippen LogP contribution is -2.32. The van der Waals surface area contributed by atoms with Crippen LogP contribution in [0.15, 0.2) is 18.2 Å². The van der Waals surface area contributed by atoms with Gasteiger partial charge >= 0.3 is 5.97 Å². The predicted molar refractivity (Wildman–Crippen MR) is 54.9 cm³/mol. The van der Waals surface area contributed by atoms with Gasteiger partial charge in [0.15, 0.2) is 0 Å². The molecule has 0 aliphatic rings. The summed E-state index contributed by atoms with van der Waals surface area (Å²) in [4.78, 5) is 10.5. The van der Waals surface area contributed by atoms with E-state index in [1.807, 2.05) is 19.1 Å². The van der Waals surface area contributed by atoms with E-state index in [1.54, 1.807) is 6.07 Å². The molecule has 0 aliphatic carbocycles. The van der Waals surface area contributed by atoms with Crippen LogP contribution in [0.3, 0.4) is 0 Å². The summed E-state index contributed by atoms with van der Waals surface area (Å²) in [5.41, 5.74) is 13.6. The molecule has 0 bridgehead atoms. The number of nitrogen functional groups attached to an aromatic ring is 1. The number of nitrogens with two attached hydrogens (primary N) is 2. The van der Waals surface area contributed by atoms with Crippen molar-refractivity contribution in [1.29, 1.82) is 0 Å². The van der Waals surface area contributed by atoms with Gasteiger partial charge in [-0.15, -0.1) is 0 Å². The lowest BCUT2D eigenvalue weighted by Gasteiger charge is -2.09. The van der Waals surface area contributed by atoms with Crippen molar-refractivity contribution in [3.8, 4) is 0 Å². The Morgan fingerprint density at radius 1 is 1.57 bits per heavy atom. The molecule has 5 N–H and O–H groups in total. The van der Waals surface area contributed by atoms with Crippen molar-refractivity contribution in [3.05, 3.63) is 29.3 Å². The molecule has 0 heterocycles. The van der Waals surface area contributed by atoms with E-state index in [-0.39, 0.29) is 0 Å². The standard InChI is InChI=1S/C10H14N2O2/c1-6-4-8(11)3-2-7(6)5-9(12)10(13)14/h2-4,9H,5,11-12H2,1H3,(H,13,14). The predicted octanol–water partition coefficient (Wildman–Crippen LogP) is 0.532. The second-order valence-corrected chi connectivity index (χ2v) is 3.33. The first-order chi connectivity index (χ1) is 6.50. The van der Waals surface area contributed by atoms with Crippen molar-refractivity contribution in [1.82, 2.24) is 0 Å². The Morgan fingerprint density at radius 3 is 2.71 bits per heavy atom. The molecule has 1 atom stereocenters. The molecule has 1 unspecified atom stereocenters. The third-order valence-corrected chi connectivity index (χ3v) is 2.12. The molecular formula is C10H14N2O2. The van der Waals surface area contributed by atoms with Gasteiger partial charge in [0.2, 0.25) is 0 Å². The first kappa shape index (κ1) is 10.5. The van der Waals surface area contributed by atoms with Crippen LogP contribution in [0, 0.1) is 6.92 Å². The molecule has 1 rings (SSSR count). The van der Waals surface area contributed by atoms with Crippen molar-refractivity contribution < 1.29 is 9.90 Å². The highest BCUT2D eigenvalue weighted by atomic mass is 16.4. The average molecular weight is 194 g/mol. The van der Waals surface area contributed by atoms with E-state index in [0.29, 0.717) is 12.1 Å². The molecule has 0 radical (unpaired) electrons. The minimum Gasteiger partial charge on any atom is -0.480 e. The van der Waals surface area contributed by atoms with Crippen LogP contribution in [0.1, 0.15) is 11.1 Å². The first-order valence-corrected chi connectivity index (χ1v) is 4.34. The van der Waals surface area contributed by atoms with Crippen LogP contribution in [0.5, 0.6) is 0 Å². The molecule has 0 amide bonds. The molecule has 76 valence electrons. The number of carboxylic acids is 1. The summed E-state index contributed by atoms with van der Waals surface area (Å²) in [5.74, 6) is -0.985. The molecule has 0 fully saturated rings. The Bertz CT molecular complexity index is 350. The van der Waals surface area contributed by atoms with Crippen LogP contribution >= 0.6 is 0 Å². The fourth-order valence-corrected chi connectivity index (χ4v) is 1.27. The van der Waals surface area contributed by atoms with Crippen molar-refractivity contribution in [2.24, 2.45) is 5.73 Å². The molecule has 1 aromatic carbocycles. The number of carbonyl (C=O) groups is 1. The average Bonchev–Trinajstić information content (AvgIpc) is 2.09. The molecule has 4 nitrogen and oxygen atoms in total. The maximum absolute atomic E-state index is 10.5. The molecule has 0 aromatic heterocycles. The number of aliphatic carboxylic acids is 1. The number of aryl methyl sites for hydroxylation is 1. The number of rotatable bonds is 3. The zero-order chi connectivity index (χ0) is 10.7. The van der Waals surface area contributed by atoms with E-state index in [0.717, 1.165) is 11.1 Å². The maximum Gasteiger partial charge on any atom is 0.320 e. The van der Waals surface area contributed by atoms with Gasteiger partial charge in [-0.2, -0.15) is 0 Å². The Balaban J connectivity index is 2.82. The van der Waals surface area contributed by atoms with Gasteiger partial charge in [0.1, 0.15) is 6.04 Å². The van der Waals surface area contributed by atoms with Crippen LogP contribution in [0.2, 0.25) is 0 Å². The molecule has 1 aromatic rings. The van der Waals surface area contributed by atoms with Gasteiger partial charge in [-0.1, -0.05) is 6.07 Å². The van der Waals surface area contributed by atoms with E-state index in [9.17, 15) is 4.79 Å². The Hall–Kier alpha value is -1.55. The van der Waals surface area contributed by atoms with E-state index in [4.69, 9.17) is 16.6 Å². The largest absolute Gasteiger partial charge is 0.480 e. The minimum atomic E-state index is -0.985. The van der Waals surface area contributed by atoms with E-state index in [1.165, 1.54) is 0 Å². The minimum absolute atomic E-state index is 0.335. The van der Waals surface area contributed by atoms with Crippen LogP contribution in [-0.2, 0) is 11.2 Å². The lowest BCUT2D eigenvalue weighted by molar-refractivity contribution is -0.138. The SMILES string of the molecule is Cc1cc(N)ccc1CC(N)C(=O)O. The number of hydrogen-bond acceptors (Lipinski definition) is 3. The number of hydrogen-bond donors (Lipinski definition) is 3. The highest BCUT2D eigenvalue weighted by molar-refractivity contribution is 5.73. The first-order valence-electron chi connectivity index (χ1n) is 4.34. The Kier molecular flexibility index (Phi) is 3.09. The molecule has 14 heavy (non-hydrogen) atoms. The van der Waals surface area contributed by atoms with Crippen LogP contribution < -0.4 is 11.5 Å². The zero-order valence-corrected chi connectivity index (χ0v) is 8.03. The van der Waals surface area contributed by atoms with Gasteiger partial charge < -0.3 is 16.6 Å². The van der Waals surface area contributed by atoms with E-state index >= 15 is 0 Å². The summed E-state index contributed by atoms with van der Waals surface area (Å²) in [7, 11) is 0. The smallest absolute Gasteiger partial charge is 0.320 e. The number of carboxylic acid groups (broad SMARTS) is 1. The van der Waals surface area contributed by atoms with E-state index < -0.39 is 12.0 Å². The van der Waals surface area contributed by atoms with Gasteiger partial charge in [0.25, 0.3) is 0 Å². The van der Waals surface area contributed by atoms with Crippen molar-refractivity contribution in [2.75, 3.05) is 5.73 Å². The fourth-order valence-electron chi connectivity index (χ4n) is 1.27. The number of benzene rings is 1. The molecule has 0 spiro atoms. The summed E-state index contributed by atoms with van der Waals surface area (Å²) in [6, 6.07) is 4.52. The summed E-state index contributed by atoms with van der Waals surface area (Å²) < 4.78 is 0. The van der Waals surface area contributed by atoms with Gasteiger partial charge in [0.05, 0.1) is 0 Å². The maximum atomic E-state index is 10.5. The molecule has 4 heteroatoms. The summed E-state index contributed by atoms with van der Waals surface area (Å²) >= 11 is 0. The molecule has 0 aliphatic heterocycles. The third kappa shape index (κ3) is 2.47. The fraction of sp³-hybridized carbons (Fsp3) is 0.300. The topological polar surface area (TPSA) is 89.3 Å². The monoisotopic (exact) mass is 194 g/mol. The second-order valence-electron chi connectivity index (χ2n) is 3.33. The molecule has 0 saturated heterocycles. The van der Waals surface area contributed by atoms with Gasteiger partial charge in [-0.25, -0.2) is 0 Å². The molecular weight excluding hydrogens is 180 g/mol. The molecule has 0 saturated carbocycles. The van der Waals surface area contributed by atoms with Crippen LogP contribution in [0.4, 0.5) is 5.69 Å². The van der Waals surface area contributed by atoms with Crippen molar-refractivity contribution in [3.63, 3.8) is 0 Å². The summed E-state index contributed by atoms with van der Waals surface area (Å²) in [5, 5.41) is 8.64. The highest BCUT2D eigenvalue weighted by Crippen LogP contribution is 2.13. The van der Waals surface area contributed by atoms with Crippen molar-refractivity contribution in [2.45, 2.75) is 19.4 Å². The summed E-state index contributed by atoms with van der Waals surface area (Å²) in [6.07, 6.45) is 0.335. The summed E-state index contributed by atoms with van der Waals surface area (Å²) in [6.45, 7) is 1.89. The van der Waals surface area contributed by atoms with Gasteiger partial charge in [0, 0.05) is 5.69 Å². The second kappa shape index (κ2) is 4.11. The third-order valence-electron chi connectivity index (χ3n) is 2.12. The lowest BCUT2D eigenvalue weighted by atomic mass is 10.0. The van der Waals surface area contributed by atoms with Crippen LogP contribution in [-0.4, -0.2) is 17.1 Å². The van der Waals surface area contributed by atoms with Gasteiger partial charge in [-0.3, -0.25) is 4.79 Å². The Labute approximate surface area is 82.5 Å². The zero-order valence-electron chi connectivity index (χ0n) is 8.03. The van der Waals surface area contributed by atoms with Crippen LogP contribution in [0.25, 0.3) is 0 Å². The van der Waals surface area contributed by atoms with E-state index in [2.05, 4.69) is 0 Å².